The highest BCUT2D eigenvalue weighted by Crippen LogP contribution is 2.43. The molecule has 3 rings (SSSR count). The van der Waals surface area contributed by atoms with Gasteiger partial charge in [-0.05, 0) is 12.1 Å². The lowest BCUT2D eigenvalue weighted by atomic mass is 10.1. The highest BCUT2D eigenvalue weighted by Gasteiger charge is 2.21. The van der Waals surface area contributed by atoms with Crippen molar-refractivity contribution < 1.29 is 34.3 Å². The quantitative estimate of drug-likeness (QED) is 0.460. The van der Waals surface area contributed by atoms with Gasteiger partial charge in [-0.15, -0.1) is 0 Å². The summed E-state index contributed by atoms with van der Waals surface area (Å²) in [5, 5.41) is 42.8. The van der Waals surface area contributed by atoms with Gasteiger partial charge < -0.3 is 24.6 Å². The maximum Gasteiger partial charge on any atom is 0.358 e. The minimum atomic E-state index is -1.32. The molecule has 132 valence electrons. The number of phenolic OH excluding ortho intramolecular Hbond substituents is 2. The number of carboxylic acids is 1. The first-order chi connectivity index (χ1) is 12.3. The standard InChI is InChI=1S/C16H10N2O8/c19-9-5-12(20)15(14-7-11(16(21)22)17-26-14)13(6-9)25-10-3-1-8(2-4-10)18(23)24/h1-7,19-20H,(H,21,22). The van der Waals surface area contributed by atoms with Gasteiger partial charge in [0.15, 0.2) is 11.5 Å². The minimum Gasteiger partial charge on any atom is -0.508 e. The molecule has 0 atom stereocenters. The van der Waals surface area contributed by atoms with Crippen LogP contribution in [0.5, 0.6) is 23.0 Å². The Morgan fingerprint density at radius 2 is 1.85 bits per heavy atom. The number of aromatic hydroxyl groups is 2. The molecule has 0 aliphatic rings. The molecule has 10 nitrogen and oxygen atoms in total. The van der Waals surface area contributed by atoms with Gasteiger partial charge in [0.05, 0.1) is 4.92 Å². The predicted molar refractivity (Wildman–Crippen MR) is 85.4 cm³/mol. The van der Waals surface area contributed by atoms with Gasteiger partial charge in [0, 0.05) is 30.3 Å². The van der Waals surface area contributed by atoms with Crippen LogP contribution in [0, 0.1) is 10.1 Å². The Morgan fingerprint density at radius 3 is 2.42 bits per heavy atom. The van der Waals surface area contributed by atoms with Crippen LogP contribution in [0.1, 0.15) is 10.5 Å². The van der Waals surface area contributed by atoms with E-state index in [1.54, 1.807) is 0 Å². The van der Waals surface area contributed by atoms with Gasteiger partial charge >= 0.3 is 5.97 Å². The van der Waals surface area contributed by atoms with Crippen LogP contribution >= 0.6 is 0 Å². The van der Waals surface area contributed by atoms with E-state index in [1.165, 1.54) is 30.3 Å². The molecule has 1 aromatic heterocycles. The van der Waals surface area contributed by atoms with E-state index in [2.05, 4.69) is 5.16 Å². The first-order valence-electron chi connectivity index (χ1n) is 7.04. The third kappa shape index (κ3) is 3.24. The molecular weight excluding hydrogens is 348 g/mol. The Hall–Kier alpha value is -4.08. The summed E-state index contributed by atoms with van der Waals surface area (Å²) in [4.78, 5) is 21.1. The fraction of sp³-hybridized carbons (Fsp3) is 0. The van der Waals surface area contributed by atoms with Crippen LogP contribution in [0.25, 0.3) is 11.3 Å². The normalized spacial score (nSPS) is 10.5. The van der Waals surface area contributed by atoms with Crippen molar-refractivity contribution in [3.8, 4) is 34.3 Å². The molecule has 3 N–H and O–H groups in total. The fourth-order valence-corrected chi connectivity index (χ4v) is 2.17. The summed E-state index contributed by atoms with van der Waals surface area (Å²) < 4.78 is 10.5. The van der Waals surface area contributed by atoms with Crippen LogP contribution < -0.4 is 4.74 Å². The fourth-order valence-electron chi connectivity index (χ4n) is 2.17. The van der Waals surface area contributed by atoms with Crippen molar-refractivity contribution >= 4 is 11.7 Å². The van der Waals surface area contributed by atoms with Gasteiger partial charge in [-0.25, -0.2) is 4.79 Å². The number of ether oxygens (including phenoxy) is 1. The molecule has 0 aliphatic carbocycles. The van der Waals surface area contributed by atoms with Crippen molar-refractivity contribution in [3.05, 3.63) is 58.3 Å². The zero-order valence-corrected chi connectivity index (χ0v) is 12.8. The van der Waals surface area contributed by atoms with Crippen molar-refractivity contribution in [2.75, 3.05) is 0 Å². The largest absolute Gasteiger partial charge is 0.508 e. The number of hydrogen-bond acceptors (Lipinski definition) is 8. The third-order valence-corrected chi connectivity index (χ3v) is 3.32. The molecule has 0 aliphatic heterocycles. The Bertz CT molecular complexity index is 994. The number of hydrogen-bond donors (Lipinski definition) is 3. The molecule has 0 bridgehead atoms. The first-order valence-corrected chi connectivity index (χ1v) is 7.04. The summed E-state index contributed by atoms with van der Waals surface area (Å²) in [6, 6.07) is 8.35. The van der Waals surface area contributed by atoms with E-state index in [0.717, 1.165) is 12.1 Å². The van der Waals surface area contributed by atoms with Crippen LogP contribution in [0.15, 0.2) is 47.0 Å². The molecule has 1 heterocycles. The molecule has 0 amide bonds. The summed E-state index contributed by atoms with van der Waals surface area (Å²) >= 11 is 0. The van der Waals surface area contributed by atoms with E-state index in [-0.39, 0.29) is 40.0 Å². The number of aromatic nitrogens is 1. The highest BCUT2D eigenvalue weighted by atomic mass is 16.6. The van der Waals surface area contributed by atoms with Crippen LogP contribution in [0.4, 0.5) is 5.69 Å². The first kappa shape index (κ1) is 16.8. The summed E-state index contributed by atoms with van der Waals surface area (Å²) in [7, 11) is 0. The molecule has 0 fully saturated rings. The van der Waals surface area contributed by atoms with Crippen LogP contribution in [-0.4, -0.2) is 31.4 Å². The van der Waals surface area contributed by atoms with Gasteiger partial charge in [-0.2, -0.15) is 0 Å². The van der Waals surface area contributed by atoms with E-state index >= 15 is 0 Å². The second-order valence-corrected chi connectivity index (χ2v) is 5.07. The average Bonchev–Trinajstić information content (AvgIpc) is 3.04. The number of rotatable bonds is 5. The van der Waals surface area contributed by atoms with Crippen LogP contribution in [0.3, 0.4) is 0 Å². The lowest BCUT2D eigenvalue weighted by molar-refractivity contribution is -0.384. The monoisotopic (exact) mass is 358 g/mol. The summed E-state index contributed by atoms with van der Waals surface area (Å²) in [5.74, 6) is -2.06. The number of phenols is 2. The van der Waals surface area contributed by atoms with Crippen molar-refractivity contribution in [2.45, 2.75) is 0 Å². The topological polar surface area (TPSA) is 156 Å². The van der Waals surface area contributed by atoms with Crippen molar-refractivity contribution in [3.63, 3.8) is 0 Å². The Kier molecular flexibility index (Phi) is 4.15. The van der Waals surface area contributed by atoms with Gasteiger partial charge in [0.1, 0.15) is 28.6 Å². The number of nitro benzene ring substituents is 1. The Balaban J connectivity index is 2.03. The van der Waals surface area contributed by atoms with Crippen molar-refractivity contribution in [1.82, 2.24) is 5.16 Å². The van der Waals surface area contributed by atoms with Crippen molar-refractivity contribution in [1.29, 1.82) is 0 Å². The second kappa shape index (κ2) is 6.43. The molecule has 0 radical (unpaired) electrons. The number of aromatic carboxylic acids is 1. The molecule has 0 unspecified atom stereocenters. The molecule has 0 saturated carbocycles. The number of nitro groups is 1. The van der Waals surface area contributed by atoms with E-state index in [4.69, 9.17) is 14.4 Å². The van der Waals surface area contributed by atoms with Gasteiger partial charge in [0.2, 0.25) is 0 Å². The van der Waals surface area contributed by atoms with Crippen LogP contribution in [-0.2, 0) is 0 Å². The summed E-state index contributed by atoms with van der Waals surface area (Å²) in [6.45, 7) is 0. The van der Waals surface area contributed by atoms with Gasteiger partial charge in [-0.1, -0.05) is 5.16 Å². The zero-order chi connectivity index (χ0) is 18.8. The number of nitrogens with zero attached hydrogens (tertiary/aromatic N) is 2. The zero-order valence-electron chi connectivity index (χ0n) is 12.8. The van der Waals surface area contributed by atoms with Crippen LogP contribution in [0.2, 0.25) is 0 Å². The number of carboxylic acid groups (broad SMARTS) is 1. The van der Waals surface area contributed by atoms with E-state index < -0.39 is 16.6 Å². The molecule has 10 heteroatoms. The Labute approximate surface area is 144 Å². The maximum atomic E-state index is 10.9. The number of benzene rings is 2. The van der Waals surface area contributed by atoms with E-state index in [9.17, 15) is 25.1 Å². The summed E-state index contributed by atoms with van der Waals surface area (Å²) in [6.07, 6.45) is 0. The smallest absolute Gasteiger partial charge is 0.358 e. The van der Waals surface area contributed by atoms with Gasteiger partial charge in [-0.3, -0.25) is 10.1 Å². The average molecular weight is 358 g/mol. The minimum absolute atomic E-state index is 0.0406. The lowest BCUT2D eigenvalue weighted by Crippen LogP contribution is -1.94. The molecule has 26 heavy (non-hydrogen) atoms. The summed E-state index contributed by atoms with van der Waals surface area (Å²) in [5.41, 5.74) is -0.562. The Morgan fingerprint density at radius 1 is 1.15 bits per heavy atom. The molecule has 0 saturated heterocycles. The SMILES string of the molecule is O=C(O)c1cc(-c2c(O)cc(O)cc2Oc2ccc([N+](=O)[O-])cc2)on1. The molecular formula is C16H10N2O8. The number of carbonyl (C=O) groups is 1. The van der Waals surface area contributed by atoms with Crippen molar-refractivity contribution in [2.24, 2.45) is 0 Å². The lowest BCUT2D eigenvalue weighted by Gasteiger charge is -2.11. The second-order valence-electron chi connectivity index (χ2n) is 5.07. The molecule has 3 aromatic rings. The predicted octanol–water partition coefficient (Wildman–Crippen LogP) is 3.15. The third-order valence-electron chi connectivity index (χ3n) is 3.32. The molecule has 0 spiro atoms. The van der Waals surface area contributed by atoms with E-state index in [0.29, 0.717) is 0 Å². The highest BCUT2D eigenvalue weighted by molar-refractivity contribution is 5.87. The van der Waals surface area contributed by atoms with E-state index in [1.807, 2.05) is 0 Å². The number of non-ortho nitro benzene ring substituents is 1. The maximum absolute atomic E-state index is 10.9. The molecule has 2 aromatic carbocycles. The van der Waals surface area contributed by atoms with Gasteiger partial charge in [0.25, 0.3) is 5.69 Å².